The fraction of sp³-hybridized carbons (Fsp3) is 0.750. The lowest BCUT2D eigenvalue weighted by Crippen LogP contribution is -2.52. The maximum Gasteiger partial charge on any atom is 0.325 e. The first-order valence-electron chi connectivity index (χ1n) is 6.31. The molecule has 7 nitrogen and oxygen atoms in total. The third-order valence-electron chi connectivity index (χ3n) is 2.71. The summed E-state index contributed by atoms with van der Waals surface area (Å²) in [6.45, 7) is 4.75. The summed E-state index contributed by atoms with van der Waals surface area (Å²) < 4.78 is 0. The Morgan fingerprint density at radius 3 is 2.00 bits per heavy atom. The number of nitrogens with one attached hydrogen (secondary N) is 2. The van der Waals surface area contributed by atoms with Crippen molar-refractivity contribution < 1.29 is 24.6 Å². The van der Waals surface area contributed by atoms with Gasteiger partial charge in [0, 0.05) is 0 Å². The molecular weight excluding hydrogens is 252 g/mol. The first-order valence-corrected chi connectivity index (χ1v) is 6.31. The Bertz CT molecular complexity index is 332. The van der Waals surface area contributed by atoms with E-state index in [9.17, 15) is 14.4 Å². The van der Waals surface area contributed by atoms with Gasteiger partial charge < -0.3 is 15.5 Å². The highest BCUT2D eigenvalue weighted by atomic mass is 16.4. The lowest BCUT2D eigenvalue weighted by atomic mass is 10.1. The van der Waals surface area contributed by atoms with E-state index in [1.54, 1.807) is 0 Å². The van der Waals surface area contributed by atoms with Gasteiger partial charge in [0.05, 0.1) is 6.04 Å². The van der Waals surface area contributed by atoms with Crippen molar-refractivity contribution in [2.45, 2.75) is 58.2 Å². The van der Waals surface area contributed by atoms with E-state index in [-0.39, 0.29) is 0 Å². The smallest absolute Gasteiger partial charge is 0.325 e. The Labute approximate surface area is 112 Å². The van der Waals surface area contributed by atoms with Crippen LogP contribution in [0, 0.1) is 0 Å². The van der Waals surface area contributed by atoms with Gasteiger partial charge in [0.25, 0.3) is 0 Å². The highest BCUT2D eigenvalue weighted by Crippen LogP contribution is 2.03. The highest BCUT2D eigenvalue weighted by molar-refractivity contribution is 5.87. The Hall–Kier alpha value is -1.63. The van der Waals surface area contributed by atoms with E-state index >= 15 is 0 Å². The van der Waals surface area contributed by atoms with E-state index in [2.05, 4.69) is 10.6 Å². The molecule has 1 amide bonds. The van der Waals surface area contributed by atoms with Gasteiger partial charge in [-0.25, -0.2) is 0 Å². The monoisotopic (exact) mass is 274 g/mol. The van der Waals surface area contributed by atoms with Crippen molar-refractivity contribution in [1.29, 1.82) is 0 Å². The lowest BCUT2D eigenvalue weighted by molar-refractivity contribution is -0.142. The molecule has 0 saturated heterocycles. The van der Waals surface area contributed by atoms with E-state index in [1.807, 2.05) is 6.92 Å². The minimum absolute atomic E-state index is 0.465. The normalized spacial score (nSPS) is 15.3. The van der Waals surface area contributed by atoms with Crippen molar-refractivity contribution in [3.63, 3.8) is 0 Å². The minimum atomic E-state index is -1.13. The Morgan fingerprint density at radius 1 is 1.05 bits per heavy atom. The fourth-order valence-electron chi connectivity index (χ4n) is 1.45. The van der Waals surface area contributed by atoms with Crippen LogP contribution in [0.3, 0.4) is 0 Å². The molecule has 1 unspecified atom stereocenters. The molecule has 3 atom stereocenters. The minimum Gasteiger partial charge on any atom is -0.480 e. The van der Waals surface area contributed by atoms with Gasteiger partial charge in [-0.05, 0) is 20.3 Å². The van der Waals surface area contributed by atoms with Crippen LogP contribution in [-0.2, 0) is 14.4 Å². The number of carbonyl (C=O) groups excluding carboxylic acids is 1. The van der Waals surface area contributed by atoms with Gasteiger partial charge in [-0.2, -0.15) is 0 Å². The molecule has 0 aromatic rings. The summed E-state index contributed by atoms with van der Waals surface area (Å²) >= 11 is 0. The van der Waals surface area contributed by atoms with Crippen molar-refractivity contribution in [3.8, 4) is 0 Å². The van der Waals surface area contributed by atoms with E-state index in [0.717, 1.165) is 12.8 Å². The summed E-state index contributed by atoms with van der Waals surface area (Å²) in [6.07, 6.45) is 2.08. The molecule has 0 saturated carbocycles. The van der Waals surface area contributed by atoms with Gasteiger partial charge >= 0.3 is 11.9 Å². The van der Waals surface area contributed by atoms with Crippen molar-refractivity contribution in [1.82, 2.24) is 10.6 Å². The van der Waals surface area contributed by atoms with E-state index in [4.69, 9.17) is 10.2 Å². The van der Waals surface area contributed by atoms with Crippen molar-refractivity contribution in [3.05, 3.63) is 0 Å². The molecule has 0 aliphatic carbocycles. The molecule has 0 heterocycles. The van der Waals surface area contributed by atoms with Gasteiger partial charge in [0.2, 0.25) is 5.91 Å². The van der Waals surface area contributed by atoms with E-state index < -0.39 is 36.0 Å². The second kappa shape index (κ2) is 8.47. The number of amides is 1. The predicted octanol–water partition coefficient (Wildman–Crippen LogP) is 0.197. The van der Waals surface area contributed by atoms with Crippen molar-refractivity contribution >= 4 is 17.8 Å². The summed E-state index contributed by atoms with van der Waals surface area (Å²) in [5.41, 5.74) is 0. The van der Waals surface area contributed by atoms with Crippen LogP contribution in [0.15, 0.2) is 0 Å². The van der Waals surface area contributed by atoms with Gasteiger partial charge in [-0.15, -0.1) is 0 Å². The number of carbonyl (C=O) groups is 3. The zero-order chi connectivity index (χ0) is 15.0. The topological polar surface area (TPSA) is 116 Å². The van der Waals surface area contributed by atoms with Crippen LogP contribution in [0.5, 0.6) is 0 Å². The van der Waals surface area contributed by atoms with Crippen LogP contribution in [0.2, 0.25) is 0 Å². The average molecular weight is 274 g/mol. The second-order valence-electron chi connectivity index (χ2n) is 4.49. The molecule has 7 heteroatoms. The first kappa shape index (κ1) is 17.4. The number of carboxylic acids is 2. The van der Waals surface area contributed by atoms with Crippen molar-refractivity contribution in [2.24, 2.45) is 0 Å². The third-order valence-corrected chi connectivity index (χ3v) is 2.71. The van der Waals surface area contributed by atoms with Crippen LogP contribution in [0.25, 0.3) is 0 Å². The Balaban J connectivity index is 4.59. The van der Waals surface area contributed by atoms with Gasteiger partial charge in [0.15, 0.2) is 0 Å². The summed E-state index contributed by atoms with van der Waals surface area (Å²) in [5.74, 6) is -2.68. The van der Waals surface area contributed by atoms with E-state index in [0.29, 0.717) is 6.42 Å². The zero-order valence-electron chi connectivity index (χ0n) is 11.5. The molecule has 110 valence electrons. The Kier molecular flexibility index (Phi) is 7.74. The fourth-order valence-corrected chi connectivity index (χ4v) is 1.45. The molecule has 0 bridgehead atoms. The number of hydrogen-bond acceptors (Lipinski definition) is 4. The highest BCUT2D eigenvalue weighted by Gasteiger charge is 2.25. The first-order chi connectivity index (χ1) is 8.79. The molecule has 0 radical (unpaired) electrons. The number of carboxylic acid groups (broad SMARTS) is 2. The number of aliphatic carboxylic acids is 2. The largest absolute Gasteiger partial charge is 0.480 e. The average Bonchev–Trinajstić information content (AvgIpc) is 2.33. The summed E-state index contributed by atoms with van der Waals surface area (Å²) in [4.78, 5) is 33.3. The SMILES string of the molecule is CCCC[C@H](NC(C)C(=O)O)C(=O)N[C@@H](C)C(=O)O. The maximum atomic E-state index is 11.9. The second-order valence-corrected chi connectivity index (χ2v) is 4.49. The van der Waals surface area contributed by atoms with Crippen molar-refractivity contribution in [2.75, 3.05) is 0 Å². The molecule has 4 N–H and O–H groups in total. The third kappa shape index (κ3) is 6.76. The molecule has 0 spiro atoms. The van der Waals surface area contributed by atoms with Crippen LogP contribution < -0.4 is 10.6 Å². The number of hydrogen-bond donors (Lipinski definition) is 4. The summed E-state index contributed by atoms with van der Waals surface area (Å²) in [7, 11) is 0. The summed E-state index contributed by atoms with van der Waals surface area (Å²) in [6, 6.07) is -2.57. The van der Waals surface area contributed by atoms with Gasteiger partial charge in [-0.3, -0.25) is 19.7 Å². The molecule has 0 aliphatic heterocycles. The molecule has 19 heavy (non-hydrogen) atoms. The lowest BCUT2D eigenvalue weighted by Gasteiger charge is -2.21. The standard InChI is InChI=1S/C12H22N2O5/c1-4-5-6-9(13-7(2)11(16)17)10(15)14-8(3)12(18)19/h7-9,13H,4-6H2,1-3H3,(H,14,15)(H,16,17)(H,18,19)/t7?,8-,9-/m0/s1. The van der Waals surface area contributed by atoms with Crippen LogP contribution in [0.4, 0.5) is 0 Å². The van der Waals surface area contributed by atoms with Crippen LogP contribution >= 0.6 is 0 Å². The summed E-state index contributed by atoms with van der Waals surface area (Å²) in [5, 5.41) is 22.6. The molecule has 0 rings (SSSR count). The molecule has 0 fully saturated rings. The molecular formula is C12H22N2O5. The molecule has 0 aliphatic rings. The number of rotatable bonds is 9. The quantitative estimate of drug-likeness (QED) is 0.477. The zero-order valence-corrected chi connectivity index (χ0v) is 11.5. The predicted molar refractivity (Wildman–Crippen MR) is 68.8 cm³/mol. The molecule has 0 aromatic heterocycles. The number of unbranched alkanes of at least 4 members (excludes halogenated alkanes) is 1. The van der Waals surface area contributed by atoms with Gasteiger partial charge in [0.1, 0.15) is 12.1 Å². The van der Waals surface area contributed by atoms with Gasteiger partial charge in [-0.1, -0.05) is 19.8 Å². The van der Waals surface area contributed by atoms with Crippen LogP contribution in [-0.4, -0.2) is 46.2 Å². The maximum absolute atomic E-state index is 11.9. The van der Waals surface area contributed by atoms with E-state index in [1.165, 1.54) is 13.8 Å². The molecule has 0 aromatic carbocycles. The Morgan fingerprint density at radius 2 is 1.58 bits per heavy atom. The van der Waals surface area contributed by atoms with Crippen LogP contribution in [0.1, 0.15) is 40.0 Å².